The lowest BCUT2D eigenvalue weighted by atomic mass is 9.52. The lowest BCUT2D eigenvalue weighted by Gasteiger charge is -2.53. The molecule has 5 heterocycles. The number of pyridine rings is 1. The van der Waals surface area contributed by atoms with E-state index in [2.05, 4.69) is 60.4 Å². The number of alkyl carbamates (subject to hydrolysis) is 2. The van der Waals surface area contributed by atoms with E-state index in [0.29, 0.717) is 13.1 Å². The van der Waals surface area contributed by atoms with Crippen LogP contribution in [-0.2, 0) is 29.9 Å². The Morgan fingerprint density at radius 1 is 0.786 bits per heavy atom. The van der Waals surface area contributed by atoms with E-state index in [9.17, 15) is 19.2 Å². The van der Waals surface area contributed by atoms with Crippen molar-refractivity contribution < 1.29 is 28.7 Å². The molecule has 3 aromatic heterocycles. The Bertz CT molecular complexity index is 2120. The maximum absolute atomic E-state index is 13.3. The van der Waals surface area contributed by atoms with E-state index in [-0.39, 0.29) is 34.7 Å². The number of amides is 4. The van der Waals surface area contributed by atoms with Gasteiger partial charge < -0.3 is 39.9 Å². The third kappa shape index (κ3) is 6.74. The van der Waals surface area contributed by atoms with Crippen molar-refractivity contribution in [3.05, 3.63) is 65.8 Å². The number of aromatic nitrogens is 5. The van der Waals surface area contributed by atoms with Crippen LogP contribution in [0.15, 0.2) is 42.7 Å². The molecule has 3 saturated carbocycles. The summed E-state index contributed by atoms with van der Waals surface area (Å²) in [4.78, 5) is 75.4. The molecule has 2 aliphatic heterocycles. The van der Waals surface area contributed by atoms with E-state index in [1.165, 1.54) is 19.9 Å². The molecule has 56 heavy (non-hydrogen) atoms. The number of ether oxygens (including phenoxy) is 2. The van der Waals surface area contributed by atoms with E-state index >= 15 is 0 Å². The minimum Gasteiger partial charge on any atom is -0.453 e. The van der Waals surface area contributed by atoms with Gasteiger partial charge in [-0.1, -0.05) is 12.1 Å². The van der Waals surface area contributed by atoms with Gasteiger partial charge in [0, 0.05) is 58.7 Å². The van der Waals surface area contributed by atoms with Crippen molar-refractivity contribution in [2.75, 3.05) is 27.3 Å². The van der Waals surface area contributed by atoms with E-state index in [0.717, 1.165) is 104 Å². The Balaban J connectivity index is 0.927. The SMILES string of the molecule is COC(=O)N[C@@H](C)C(=O)N1CCC[C@H]1c1nc(-c2ccc3nc(C45CCC(c6cnc([C@@H]7CCCN7C(=O)[C@H](C)NC(=O)OC)[nH]6)(CC4)CC5)ccc3c2)c[nH]1. The van der Waals surface area contributed by atoms with Crippen LogP contribution in [0, 0.1) is 0 Å². The van der Waals surface area contributed by atoms with Crippen molar-refractivity contribution in [3.63, 3.8) is 0 Å². The summed E-state index contributed by atoms with van der Waals surface area (Å²) in [5.74, 6) is 1.26. The normalized spacial score (nSPS) is 25.6. The molecule has 4 aromatic rings. The van der Waals surface area contributed by atoms with E-state index in [4.69, 9.17) is 15.0 Å². The summed E-state index contributed by atoms with van der Waals surface area (Å²) < 4.78 is 9.35. The van der Waals surface area contributed by atoms with Crippen LogP contribution >= 0.6 is 0 Å². The molecular weight excluding hydrogens is 715 g/mol. The fourth-order valence-electron chi connectivity index (χ4n) is 9.71. The molecule has 0 unspecified atom stereocenters. The van der Waals surface area contributed by atoms with Gasteiger partial charge in [0.15, 0.2) is 0 Å². The molecule has 5 fully saturated rings. The summed E-state index contributed by atoms with van der Waals surface area (Å²) in [6.45, 7) is 4.58. The maximum Gasteiger partial charge on any atom is 0.407 e. The Kier molecular flexibility index (Phi) is 9.95. The lowest BCUT2D eigenvalue weighted by molar-refractivity contribution is -0.134. The molecule has 15 heteroatoms. The molecule has 0 spiro atoms. The van der Waals surface area contributed by atoms with Crippen molar-refractivity contribution in [1.29, 1.82) is 0 Å². The highest BCUT2D eigenvalue weighted by molar-refractivity contribution is 5.87. The number of methoxy groups -OCH3 is 2. The topological polar surface area (TPSA) is 188 Å². The van der Waals surface area contributed by atoms with Gasteiger partial charge in [-0.25, -0.2) is 19.6 Å². The smallest absolute Gasteiger partial charge is 0.407 e. The fraction of sp³-hybridized carbons (Fsp3) is 0.537. The zero-order valence-corrected chi connectivity index (χ0v) is 32.5. The molecule has 4 amide bonds. The highest BCUT2D eigenvalue weighted by Crippen LogP contribution is 2.58. The maximum atomic E-state index is 13.3. The zero-order valence-electron chi connectivity index (χ0n) is 32.5. The number of carbonyl (C=O) groups is 4. The highest BCUT2D eigenvalue weighted by Gasteiger charge is 2.52. The van der Waals surface area contributed by atoms with Crippen LogP contribution in [-0.4, -0.2) is 98.1 Å². The largest absolute Gasteiger partial charge is 0.453 e. The molecule has 15 nitrogen and oxygen atoms in total. The molecule has 5 aliphatic rings. The number of aromatic amines is 2. The van der Waals surface area contributed by atoms with Gasteiger partial charge in [-0.15, -0.1) is 0 Å². The van der Waals surface area contributed by atoms with Gasteiger partial charge in [0.25, 0.3) is 0 Å². The first-order valence-corrected chi connectivity index (χ1v) is 19.9. The average Bonchev–Trinajstić information content (AvgIpc) is 4.07. The summed E-state index contributed by atoms with van der Waals surface area (Å²) >= 11 is 0. The minimum atomic E-state index is -0.702. The fourth-order valence-corrected chi connectivity index (χ4v) is 9.71. The van der Waals surface area contributed by atoms with Crippen molar-refractivity contribution in [2.24, 2.45) is 0 Å². The second kappa shape index (κ2) is 14.9. The number of rotatable bonds is 9. The number of benzene rings is 1. The molecule has 0 radical (unpaired) electrons. The van der Waals surface area contributed by atoms with Crippen LogP contribution in [0.1, 0.15) is 113 Å². The van der Waals surface area contributed by atoms with Crippen LogP contribution in [0.2, 0.25) is 0 Å². The zero-order chi connectivity index (χ0) is 39.2. The first-order valence-electron chi connectivity index (χ1n) is 19.9. The van der Waals surface area contributed by atoms with Gasteiger partial charge in [0.2, 0.25) is 11.8 Å². The van der Waals surface area contributed by atoms with Crippen LogP contribution < -0.4 is 10.6 Å². The Labute approximate surface area is 325 Å². The average molecular weight is 766 g/mol. The van der Waals surface area contributed by atoms with Gasteiger partial charge in [-0.3, -0.25) is 14.6 Å². The predicted octanol–water partition coefficient (Wildman–Crippen LogP) is 5.71. The molecule has 2 saturated heterocycles. The second-order valence-corrected chi connectivity index (χ2v) is 16.1. The van der Waals surface area contributed by atoms with Crippen LogP contribution in [0.4, 0.5) is 9.59 Å². The van der Waals surface area contributed by atoms with E-state index in [1.807, 2.05) is 17.3 Å². The Morgan fingerprint density at radius 3 is 1.98 bits per heavy atom. The standard InChI is InChI=1S/C41H51N9O6/c1-24(44-38(53)55-3)36(51)49-19-5-7-30(49)34-42-22-29(47-34)27-9-11-28-26(21-27)10-12-32(46-28)40-13-16-41(17-14-40,18-15-40)33-23-43-35(48-33)31-8-6-20-50(31)37(52)25(2)45-39(54)56-4/h9-12,21-25,30-31H,5-8,13-20H2,1-4H3,(H,42,47)(H,43,48)(H,44,53)(H,45,54)/t24-,25-,30-,31-,40?,41?/m0/s1. The van der Waals surface area contributed by atoms with Gasteiger partial charge in [0.1, 0.15) is 23.7 Å². The third-order valence-electron chi connectivity index (χ3n) is 13.0. The molecule has 9 rings (SSSR count). The summed E-state index contributed by atoms with van der Waals surface area (Å²) in [6.07, 6.45) is 12.3. The minimum absolute atomic E-state index is 0.0371. The number of imidazole rings is 2. The van der Waals surface area contributed by atoms with Gasteiger partial charge in [-0.2, -0.15) is 0 Å². The van der Waals surface area contributed by atoms with Crippen LogP contribution in [0.3, 0.4) is 0 Å². The Hall–Kier alpha value is -5.47. The number of nitrogens with zero attached hydrogens (tertiary/aromatic N) is 5. The molecule has 296 valence electrons. The van der Waals surface area contributed by atoms with Crippen LogP contribution in [0.5, 0.6) is 0 Å². The molecule has 3 aliphatic carbocycles. The monoisotopic (exact) mass is 765 g/mol. The van der Waals surface area contributed by atoms with Gasteiger partial charge >= 0.3 is 12.2 Å². The molecule has 1 aromatic carbocycles. The summed E-state index contributed by atoms with van der Waals surface area (Å²) in [6, 6.07) is 8.95. The van der Waals surface area contributed by atoms with Crippen molar-refractivity contribution in [3.8, 4) is 11.3 Å². The van der Waals surface area contributed by atoms with Crippen molar-refractivity contribution in [1.82, 2.24) is 45.4 Å². The molecular formula is C41H51N9O6. The second-order valence-electron chi connectivity index (χ2n) is 16.1. The number of carbonyl (C=O) groups excluding carboxylic acids is 4. The summed E-state index contributed by atoms with van der Waals surface area (Å²) in [5, 5.41) is 6.22. The first-order chi connectivity index (χ1) is 27.0. The number of fused-ring (bicyclic) bond motifs is 4. The number of hydrogen-bond donors (Lipinski definition) is 4. The van der Waals surface area contributed by atoms with E-state index in [1.54, 1.807) is 18.7 Å². The third-order valence-corrected chi connectivity index (χ3v) is 13.0. The first kappa shape index (κ1) is 37.5. The van der Waals surface area contributed by atoms with E-state index < -0.39 is 24.3 Å². The number of nitrogens with one attached hydrogen (secondary N) is 4. The number of hydrogen-bond acceptors (Lipinski definition) is 9. The molecule has 4 N–H and O–H groups in total. The Morgan fingerprint density at radius 2 is 1.38 bits per heavy atom. The summed E-state index contributed by atoms with van der Waals surface area (Å²) in [5.41, 5.74) is 5.15. The van der Waals surface area contributed by atoms with Crippen molar-refractivity contribution >= 4 is 34.9 Å². The highest BCUT2D eigenvalue weighted by atomic mass is 16.5. The molecule has 2 bridgehead atoms. The van der Waals surface area contributed by atoms with Gasteiger partial charge in [0.05, 0.1) is 37.5 Å². The van der Waals surface area contributed by atoms with Gasteiger partial charge in [-0.05, 0) is 96.3 Å². The number of H-pyrrole nitrogens is 2. The quantitative estimate of drug-likeness (QED) is 0.166. The van der Waals surface area contributed by atoms with Crippen molar-refractivity contribution in [2.45, 2.75) is 113 Å². The van der Waals surface area contributed by atoms with Crippen LogP contribution in [0.25, 0.3) is 22.2 Å². The lowest BCUT2D eigenvalue weighted by Crippen LogP contribution is -2.47. The predicted molar refractivity (Wildman–Crippen MR) is 206 cm³/mol. The number of likely N-dealkylation sites (tertiary alicyclic amines) is 2. The molecule has 4 atom stereocenters. The summed E-state index contributed by atoms with van der Waals surface area (Å²) in [7, 11) is 2.57.